The highest BCUT2D eigenvalue weighted by molar-refractivity contribution is 9.10. The summed E-state index contributed by atoms with van der Waals surface area (Å²) in [6.45, 7) is 2.21. The molecule has 0 bridgehead atoms. The molecular weight excluding hydrogens is 346 g/mol. The van der Waals surface area contributed by atoms with Crippen LogP contribution in [0, 0.1) is 17.0 Å². The molecule has 0 N–H and O–H groups in total. The van der Waals surface area contributed by atoms with E-state index in [0.29, 0.717) is 11.3 Å². The van der Waals surface area contributed by atoms with Gasteiger partial charge in [-0.05, 0) is 42.3 Å². The standard InChI is InChI=1S/C14H11BrClNO3/c1-9-6-11(3-4-12(9)15)20-8-10-2-5-13(16)14(7-10)17(18)19/h2-7H,8H2,1H3. The summed E-state index contributed by atoms with van der Waals surface area (Å²) in [6.07, 6.45) is 0. The van der Waals surface area contributed by atoms with Crippen LogP contribution < -0.4 is 4.74 Å². The fourth-order valence-corrected chi connectivity index (χ4v) is 2.09. The van der Waals surface area contributed by atoms with Crippen LogP contribution in [0.1, 0.15) is 11.1 Å². The maximum absolute atomic E-state index is 10.8. The summed E-state index contributed by atoms with van der Waals surface area (Å²) in [4.78, 5) is 10.3. The van der Waals surface area contributed by atoms with E-state index in [1.54, 1.807) is 6.07 Å². The zero-order valence-corrected chi connectivity index (χ0v) is 12.9. The summed E-state index contributed by atoms with van der Waals surface area (Å²) in [5, 5.41) is 10.9. The molecule has 4 nitrogen and oxygen atoms in total. The van der Waals surface area contributed by atoms with Crippen molar-refractivity contribution in [3.8, 4) is 5.75 Å². The monoisotopic (exact) mass is 355 g/mol. The first kappa shape index (κ1) is 14.8. The minimum Gasteiger partial charge on any atom is -0.489 e. The Morgan fingerprint density at radius 2 is 2.05 bits per heavy atom. The van der Waals surface area contributed by atoms with E-state index in [9.17, 15) is 10.1 Å². The lowest BCUT2D eigenvalue weighted by Crippen LogP contribution is -1.98. The quantitative estimate of drug-likeness (QED) is 0.578. The van der Waals surface area contributed by atoms with Crippen LogP contribution in [0.2, 0.25) is 5.02 Å². The Balaban J connectivity index is 2.12. The van der Waals surface area contributed by atoms with Crippen molar-refractivity contribution >= 4 is 33.2 Å². The van der Waals surface area contributed by atoms with Crippen molar-refractivity contribution in [2.75, 3.05) is 0 Å². The minimum atomic E-state index is -0.504. The van der Waals surface area contributed by atoms with Crippen LogP contribution in [-0.2, 0) is 6.61 Å². The topological polar surface area (TPSA) is 52.4 Å². The molecule has 6 heteroatoms. The van der Waals surface area contributed by atoms with Gasteiger partial charge in [0.25, 0.3) is 5.69 Å². The van der Waals surface area contributed by atoms with E-state index >= 15 is 0 Å². The first-order chi connectivity index (χ1) is 9.47. The smallest absolute Gasteiger partial charge is 0.288 e. The molecule has 2 aromatic carbocycles. The molecule has 0 aliphatic carbocycles. The van der Waals surface area contributed by atoms with Crippen molar-refractivity contribution in [3.63, 3.8) is 0 Å². The van der Waals surface area contributed by atoms with Crippen molar-refractivity contribution in [2.24, 2.45) is 0 Å². The molecule has 0 spiro atoms. The number of halogens is 2. The lowest BCUT2D eigenvalue weighted by molar-refractivity contribution is -0.384. The normalized spacial score (nSPS) is 10.3. The van der Waals surface area contributed by atoms with Gasteiger partial charge in [-0.2, -0.15) is 0 Å². The van der Waals surface area contributed by atoms with Gasteiger partial charge in [0.2, 0.25) is 0 Å². The summed E-state index contributed by atoms with van der Waals surface area (Å²) in [5.74, 6) is 0.711. The molecular formula is C14H11BrClNO3. The van der Waals surface area contributed by atoms with Crippen LogP contribution in [0.25, 0.3) is 0 Å². The molecule has 20 heavy (non-hydrogen) atoms. The van der Waals surface area contributed by atoms with Crippen LogP contribution in [0.3, 0.4) is 0 Å². The Kier molecular flexibility index (Phi) is 4.62. The second-order valence-electron chi connectivity index (χ2n) is 4.24. The number of ether oxygens (including phenoxy) is 1. The molecule has 2 aromatic rings. The number of aryl methyl sites for hydroxylation is 1. The molecule has 0 unspecified atom stereocenters. The Morgan fingerprint density at radius 1 is 1.30 bits per heavy atom. The highest BCUT2D eigenvalue weighted by Gasteiger charge is 2.12. The Bertz CT molecular complexity index is 661. The Labute approximate surface area is 129 Å². The lowest BCUT2D eigenvalue weighted by Gasteiger charge is -2.08. The fourth-order valence-electron chi connectivity index (χ4n) is 1.66. The van der Waals surface area contributed by atoms with Crippen molar-refractivity contribution in [1.29, 1.82) is 0 Å². The number of nitro groups is 1. The van der Waals surface area contributed by atoms with Gasteiger partial charge in [0, 0.05) is 10.5 Å². The molecule has 104 valence electrons. The van der Waals surface area contributed by atoms with Gasteiger partial charge in [-0.3, -0.25) is 10.1 Å². The molecule has 0 aliphatic heterocycles. The van der Waals surface area contributed by atoms with Crippen molar-refractivity contribution in [2.45, 2.75) is 13.5 Å². The molecule has 0 aliphatic rings. The van der Waals surface area contributed by atoms with E-state index < -0.39 is 4.92 Å². The highest BCUT2D eigenvalue weighted by Crippen LogP contribution is 2.26. The first-order valence-electron chi connectivity index (χ1n) is 5.79. The predicted octanol–water partition coefficient (Wildman–Crippen LogP) is 4.90. The molecule has 0 amide bonds. The summed E-state index contributed by atoms with van der Waals surface area (Å²) >= 11 is 9.17. The SMILES string of the molecule is Cc1cc(OCc2ccc(Cl)c([N+](=O)[O-])c2)ccc1Br. The predicted molar refractivity (Wildman–Crippen MR) is 81.3 cm³/mol. The summed E-state index contributed by atoms with van der Waals surface area (Å²) in [6, 6.07) is 10.3. The van der Waals surface area contributed by atoms with Gasteiger partial charge in [0.05, 0.1) is 4.92 Å². The third-order valence-electron chi connectivity index (χ3n) is 2.74. The largest absolute Gasteiger partial charge is 0.489 e. The minimum absolute atomic E-state index is 0.111. The van der Waals surface area contributed by atoms with Crippen molar-refractivity contribution < 1.29 is 9.66 Å². The molecule has 0 saturated carbocycles. The number of hydrogen-bond donors (Lipinski definition) is 0. The van der Waals surface area contributed by atoms with Gasteiger partial charge in [-0.15, -0.1) is 0 Å². The Morgan fingerprint density at radius 3 is 2.70 bits per heavy atom. The zero-order chi connectivity index (χ0) is 14.7. The van der Waals surface area contributed by atoms with E-state index in [0.717, 1.165) is 10.0 Å². The van der Waals surface area contributed by atoms with Crippen LogP contribution in [0.4, 0.5) is 5.69 Å². The Hall–Kier alpha value is -1.59. The third kappa shape index (κ3) is 3.49. The number of nitro benzene ring substituents is 1. The first-order valence-corrected chi connectivity index (χ1v) is 6.96. The summed E-state index contributed by atoms with van der Waals surface area (Å²) in [5.41, 5.74) is 1.64. The second-order valence-corrected chi connectivity index (χ2v) is 5.50. The van der Waals surface area contributed by atoms with Crippen molar-refractivity contribution in [1.82, 2.24) is 0 Å². The van der Waals surface area contributed by atoms with Crippen LogP contribution in [0.5, 0.6) is 5.75 Å². The maximum Gasteiger partial charge on any atom is 0.288 e. The summed E-state index contributed by atoms with van der Waals surface area (Å²) in [7, 11) is 0. The van der Waals surface area contributed by atoms with Gasteiger partial charge < -0.3 is 4.74 Å². The van der Waals surface area contributed by atoms with Gasteiger partial charge in [-0.25, -0.2) is 0 Å². The van der Waals surface area contributed by atoms with Crippen molar-refractivity contribution in [3.05, 3.63) is 67.1 Å². The zero-order valence-electron chi connectivity index (χ0n) is 10.6. The molecule has 0 radical (unpaired) electrons. The molecule has 0 fully saturated rings. The van der Waals surface area contributed by atoms with E-state index in [2.05, 4.69) is 15.9 Å². The molecule has 0 atom stereocenters. The van der Waals surface area contributed by atoms with E-state index in [4.69, 9.17) is 16.3 Å². The lowest BCUT2D eigenvalue weighted by atomic mass is 10.2. The molecule has 0 aromatic heterocycles. The third-order valence-corrected chi connectivity index (χ3v) is 3.95. The number of nitrogens with zero attached hydrogens (tertiary/aromatic N) is 1. The fraction of sp³-hybridized carbons (Fsp3) is 0.143. The van der Waals surface area contributed by atoms with E-state index in [1.807, 2.05) is 25.1 Å². The van der Waals surface area contributed by atoms with Gasteiger partial charge >= 0.3 is 0 Å². The number of rotatable bonds is 4. The van der Waals surface area contributed by atoms with E-state index in [1.165, 1.54) is 12.1 Å². The van der Waals surface area contributed by atoms with Gasteiger partial charge in [-0.1, -0.05) is 33.6 Å². The highest BCUT2D eigenvalue weighted by atomic mass is 79.9. The van der Waals surface area contributed by atoms with Crippen LogP contribution in [0.15, 0.2) is 40.9 Å². The second kappa shape index (κ2) is 6.24. The number of benzene rings is 2. The molecule has 2 rings (SSSR count). The summed E-state index contributed by atoms with van der Waals surface area (Å²) < 4.78 is 6.62. The number of hydrogen-bond acceptors (Lipinski definition) is 3. The van der Waals surface area contributed by atoms with Crippen LogP contribution >= 0.6 is 27.5 Å². The average molecular weight is 357 g/mol. The van der Waals surface area contributed by atoms with Crippen LogP contribution in [-0.4, -0.2) is 4.92 Å². The van der Waals surface area contributed by atoms with Gasteiger partial charge in [0.15, 0.2) is 0 Å². The average Bonchev–Trinajstić information content (AvgIpc) is 2.41. The van der Waals surface area contributed by atoms with E-state index in [-0.39, 0.29) is 17.3 Å². The molecule has 0 heterocycles. The van der Waals surface area contributed by atoms with Gasteiger partial charge in [0.1, 0.15) is 17.4 Å². The molecule has 0 saturated heterocycles. The maximum atomic E-state index is 10.8.